The standard InChI is InChI=1S/C16H22ClNO2/c1-3-8-18-11-12-9-15(19-2)16(10-14(12)17)20-13-6-4-5-7-13/h3,9-10,13,18H,1,4-8,11H2,2H3/p+1. The van der Waals surface area contributed by atoms with Crippen LogP contribution < -0.4 is 14.8 Å². The van der Waals surface area contributed by atoms with Crippen molar-refractivity contribution in [2.75, 3.05) is 13.7 Å². The number of ether oxygens (including phenoxy) is 2. The van der Waals surface area contributed by atoms with E-state index in [4.69, 9.17) is 21.1 Å². The predicted octanol–water partition coefficient (Wildman–Crippen LogP) is 2.92. The van der Waals surface area contributed by atoms with Crippen LogP contribution in [0, 0.1) is 0 Å². The first-order valence-corrected chi connectivity index (χ1v) is 7.58. The Morgan fingerprint density at radius 1 is 1.35 bits per heavy atom. The summed E-state index contributed by atoms with van der Waals surface area (Å²) in [4.78, 5) is 0. The fourth-order valence-electron chi connectivity index (χ4n) is 2.53. The van der Waals surface area contributed by atoms with E-state index in [1.54, 1.807) is 7.11 Å². The number of benzene rings is 1. The minimum atomic E-state index is 0.304. The van der Waals surface area contributed by atoms with Gasteiger partial charge in [0.2, 0.25) is 0 Å². The van der Waals surface area contributed by atoms with Crippen molar-refractivity contribution in [1.29, 1.82) is 0 Å². The number of nitrogens with two attached hydrogens (primary N) is 1. The molecule has 20 heavy (non-hydrogen) atoms. The number of quaternary nitrogens is 1. The molecule has 4 heteroatoms. The smallest absolute Gasteiger partial charge is 0.163 e. The Morgan fingerprint density at radius 2 is 2.10 bits per heavy atom. The van der Waals surface area contributed by atoms with Crippen LogP contribution in [-0.4, -0.2) is 19.8 Å². The lowest BCUT2D eigenvalue weighted by molar-refractivity contribution is -0.661. The molecule has 0 unspecified atom stereocenters. The molecule has 0 amide bonds. The third kappa shape index (κ3) is 3.90. The molecule has 1 aliphatic carbocycles. The molecule has 0 spiro atoms. The van der Waals surface area contributed by atoms with E-state index in [0.29, 0.717) is 6.10 Å². The highest BCUT2D eigenvalue weighted by Crippen LogP contribution is 2.35. The van der Waals surface area contributed by atoms with Gasteiger partial charge in [-0.05, 0) is 37.8 Å². The molecule has 1 fully saturated rings. The highest BCUT2D eigenvalue weighted by Gasteiger charge is 2.19. The van der Waals surface area contributed by atoms with Crippen molar-refractivity contribution in [3.8, 4) is 11.5 Å². The first-order valence-electron chi connectivity index (χ1n) is 7.20. The molecule has 0 bridgehead atoms. The average molecular weight is 297 g/mol. The molecular formula is C16H23ClNO2+. The molecule has 2 N–H and O–H groups in total. The van der Waals surface area contributed by atoms with Gasteiger partial charge in [-0.2, -0.15) is 0 Å². The molecule has 0 aliphatic heterocycles. The second-order valence-electron chi connectivity index (χ2n) is 5.14. The van der Waals surface area contributed by atoms with Crippen molar-refractivity contribution in [2.24, 2.45) is 0 Å². The minimum Gasteiger partial charge on any atom is -0.493 e. The van der Waals surface area contributed by atoms with Gasteiger partial charge < -0.3 is 14.8 Å². The summed E-state index contributed by atoms with van der Waals surface area (Å²) >= 11 is 6.34. The Bertz CT molecular complexity index is 456. The first kappa shape index (κ1) is 15.2. The summed E-state index contributed by atoms with van der Waals surface area (Å²) in [5.74, 6) is 1.53. The predicted molar refractivity (Wildman–Crippen MR) is 81.6 cm³/mol. The zero-order valence-electron chi connectivity index (χ0n) is 12.0. The molecule has 0 aromatic heterocycles. The van der Waals surface area contributed by atoms with E-state index in [2.05, 4.69) is 11.9 Å². The minimum absolute atomic E-state index is 0.304. The van der Waals surface area contributed by atoms with Crippen LogP contribution in [0.15, 0.2) is 24.8 Å². The van der Waals surface area contributed by atoms with Gasteiger partial charge in [0, 0.05) is 11.6 Å². The van der Waals surface area contributed by atoms with E-state index >= 15 is 0 Å². The lowest BCUT2D eigenvalue weighted by Gasteiger charge is -2.17. The first-order chi connectivity index (χ1) is 9.74. The topological polar surface area (TPSA) is 35.1 Å². The van der Waals surface area contributed by atoms with E-state index in [1.165, 1.54) is 12.8 Å². The summed E-state index contributed by atoms with van der Waals surface area (Å²) in [6, 6.07) is 3.86. The molecule has 1 saturated carbocycles. The second-order valence-corrected chi connectivity index (χ2v) is 5.54. The molecule has 3 nitrogen and oxygen atoms in total. The van der Waals surface area contributed by atoms with Crippen molar-refractivity contribution >= 4 is 11.6 Å². The monoisotopic (exact) mass is 296 g/mol. The fraction of sp³-hybridized carbons (Fsp3) is 0.500. The van der Waals surface area contributed by atoms with Crippen molar-refractivity contribution < 1.29 is 14.8 Å². The third-order valence-electron chi connectivity index (χ3n) is 3.63. The molecule has 2 rings (SSSR count). The van der Waals surface area contributed by atoms with Gasteiger partial charge in [0.05, 0.1) is 24.8 Å². The summed E-state index contributed by atoms with van der Waals surface area (Å²) in [6.45, 7) is 5.39. The Hall–Kier alpha value is -1.19. The van der Waals surface area contributed by atoms with Crippen molar-refractivity contribution in [2.45, 2.75) is 38.3 Å². The summed E-state index contributed by atoms with van der Waals surface area (Å²) in [5.41, 5.74) is 1.06. The van der Waals surface area contributed by atoms with Crippen LogP contribution in [0.1, 0.15) is 31.2 Å². The van der Waals surface area contributed by atoms with Crippen LogP contribution in [0.2, 0.25) is 5.02 Å². The average Bonchev–Trinajstić information content (AvgIpc) is 2.94. The van der Waals surface area contributed by atoms with E-state index in [0.717, 1.165) is 48.0 Å². The maximum absolute atomic E-state index is 6.34. The Balaban J connectivity index is 2.11. The van der Waals surface area contributed by atoms with Crippen molar-refractivity contribution in [3.05, 3.63) is 35.4 Å². The van der Waals surface area contributed by atoms with E-state index < -0.39 is 0 Å². The zero-order chi connectivity index (χ0) is 14.4. The van der Waals surface area contributed by atoms with Crippen LogP contribution in [0.25, 0.3) is 0 Å². The molecule has 0 saturated heterocycles. The molecule has 1 aliphatic rings. The lowest BCUT2D eigenvalue weighted by atomic mass is 10.2. The fourth-order valence-corrected chi connectivity index (χ4v) is 2.76. The summed E-state index contributed by atoms with van der Waals surface area (Å²) in [6.07, 6.45) is 6.91. The van der Waals surface area contributed by atoms with E-state index in [-0.39, 0.29) is 0 Å². The Morgan fingerprint density at radius 3 is 2.75 bits per heavy atom. The van der Waals surface area contributed by atoms with Crippen LogP contribution in [0.5, 0.6) is 11.5 Å². The molecule has 0 radical (unpaired) electrons. The van der Waals surface area contributed by atoms with Gasteiger partial charge in [-0.15, -0.1) is 0 Å². The molecule has 110 valence electrons. The van der Waals surface area contributed by atoms with Gasteiger partial charge in [0.25, 0.3) is 0 Å². The van der Waals surface area contributed by atoms with Crippen LogP contribution in [0.3, 0.4) is 0 Å². The number of hydrogen-bond donors (Lipinski definition) is 1. The number of halogens is 1. The van der Waals surface area contributed by atoms with Crippen LogP contribution >= 0.6 is 11.6 Å². The van der Waals surface area contributed by atoms with Gasteiger partial charge in [0.15, 0.2) is 11.5 Å². The normalized spacial score (nSPS) is 15.3. The van der Waals surface area contributed by atoms with Gasteiger partial charge in [-0.25, -0.2) is 0 Å². The maximum atomic E-state index is 6.34. The summed E-state index contributed by atoms with van der Waals surface area (Å²) in [5, 5.41) is 2.88. The summed E-state index contributed by atoms with van der Waals surface area (Å²) < 4.78 is 11.5. The molecule has 1 aromatic rings. The number of rotatable bonds is 7. The van der Waals surface area contributed by atoms with Crippen LogP contribution in [-0.2, 0) is 6.54 Å². The van der Waals surface area contributed by atoms with Crippen molar-refractivity contribution in [1.82, 2.24) is 0 Å². The van der Waals surface area contributed by atoms with Crippen molar-refractivity contribution in [3.63, 3.8) is 0 Å². The van der Waals surface area contributed by atoms with Gasteiger partial charge in [-0.1, -0.05) is 18.2 Å². The zero-order valence-corrected chi connectivity index (χ0v) is 12.8. The van der Waals surface area contributed by atoms with Gasteiger partial charge in [-0.3, -0.25) is 0 Å². The molecule has 0 atom stereocenters. The van der Waals surface area contributed by atoms with E-state index in [9.17, 15) is 0 Å². The SMILES string of the molecule is C=CC[NH2+]Cc1cc(OC)c(OC2CCCC2)cc1Cl. The second kappa shape index (κ2) is 7.55. The maximum Gasteiger partial charge on any atom is 0.163 e. The lowest BCUT2D eigenvalue weighted by Crippen LogP contribution is -2.82. The van der Waals surface area contributed by atoms with E-state index in [1.807, 2.05) is 18.2 Å². The highest BCUT2D eigenvalue weighted by molar-refractivity contribution is 6.31. The van der Waals surface area contributed by atoms with Crippen LogP contribution in [0.4, 0.5) is 0 Å². The van der Waals surface area contributed by atoms with Gasteiger partial charge >= 0.3 is 0 Å². The molecule has 0 heterocycles. The Labute approximate surface area is 125 Å². The third-order valence-corrected chi connectivity index (χ3v) is 3.98. The quantitative estimate of drug-likeness (QED) is 0.620. The summed E-state index contributed by atoms with van der Waals surface area (Å²) in [7, 11) is 1.67. The molecular weight excluding hydrogens is 274 g/mol. The van der Waals surface area contributed by atoms with Gasteiger partial charge in [0.1, 0.15) is 6.54 Å². The Kier molecular flexibility index (Phi) is 5.74. The number of methoxy groups -OCH3 is 1. The number of hydrogen-bond acceptors (Lipinski definition) is 2. The highest BCUT2D eigenvalue weighted by atomic mass is 35.5. The largest absolute Gasteiger partial charge is 0.493 e. The molecule has 1 aromatic carbocycles.